The molecule has 1 aromatic rings. The summed E-state index contributed by atoms with van der Waals surface area (Å²) in [4.78, 5) is 12.9. The van der Waals surface area contributed by atoms with Crippen LogP contribution in [0.5, 0.6) is 0 Å². The lowest BCUT2D eigenvalue weighted by atomic mass is 10.2. The maximum atomic E-state index is 5.71. The molecule has 0 aliphatic carbocycles. The molecule has 0 bridgehead atoms. The normalized spacial score (nSPS) is 16.8. The molecule has 106 valence electrons. The molecule has 1 aromatic heterocycles. The van der Waals surface area contributed by atoms with Crippen LogP contribution in [-0.2, 0) is 0 Å². The zero-order valence-corrected chi connectivity index (χ0v) is 11.7. The number of hydrogen-bond acceptors (Lipinski definition) is 6. The molecule has 1 aliphatic rings. The molecule has 0 spiro atoms. The fourth-order valence-corrected chi connectivity index (χ4v) is 2.42. The van der Waals surface area contributed by atoms with Gasteiger partial charge in [-0.15, -0.1) is 0 Å². The summed E-state index contributed by atoms with van der Waals surface area (Å²) in [6.07, 6.45) is 3.89. The Bertz CT molecular complexity index is 380. The second kappa shape index (κ2) is 6.56. The molecule has 4 N–H and O–H groups in total. The predicted octanol–water partition coefficient (Wildman–Crippen LogP) is 0.953. The summed E-state index contributed by atoms with van der Waals surface area (Å²) in [5.74, 6) is 1.53. The van der Waals surface area contributed by atoms with Crippen molar-refractivity contribution in [2.45, 2.75) is 26.2 Å². The lowest BCUT2D eigenvalue weighted by Crippen LogP contribution is -2.47. The largest absolute Gasteiger partial charge is 0.383 e. The van der Waals surface area contributed by atoms with E-state index >= 15 is 0 Å². The highest BCUT2D eigenvalue weighted by Crippen LogP contribution is 2.17. The van der Waals surface area contributed by atoms with Crippen molar-refractivity contribution in [3.63, 3.8) is 0 Å². The van der Waals surface area contributed by atoms with Crippen LogP contribution in [0.4, 0.5) is 17.6 Å². The average Bonchev–Trinajstić information content (AvgIpc) is 2.39. The van der Waals surface area contributed by atoms with E-state index in [1.165, 1.54) is 25.8 Å². The van der Waals surface area contributed by atoms with Crippen molar-refractivity contribution in [1.82, 2.24) is 14.9 Å². The molecule has 2 rings (SSSR count). The highest BCUT2D eigenvalue weighted by molar-refractivity contribution is 5.50. The number of nitrogens with zero attached hydrogens (tertiary/aromatic N) is 4. The molecule has 0 saturated carbocycles. The van der Waals surface area contributed by atoms with Crippen molar-refractivity contribution in [3.8, 4) is 0 Å². The molecule has 19 heavy (non-hydrogen) atoms. The monoisotopic (exact) mass is 264 g/mol. The maximum Gasteiger partial charge on any atom is 0.223 e. The molecule has 1 fully saturated rings. The number of nitrogens with two attached hydrogens (primary N) is 2. The van der Waals surface area contributed by atoms with Gasteiger partial charge in [0.25, 0.3) is 0 Å². The molecule has 1 aliphatic heterocycles. The molecular weight excluding hydrogens is 240 g/mol. The van der Waals surface area contributed by atoms with E-state index in [0.717, 1.165) is 32.0 Å². The molecule has 2 heterocycles. The van der Waals surface area contributed by atoms with Crippen LogP contribution in [0.2, 0.25) is 0 Å². The van der Waals surface area contributed by atoms with Gasteiger partial charge in [0.1, 0.15) is 11.6 Å². The topological polar surface area (TPSA) is 84.3 Å². The van der Waals surface area contributed by atoms with Gasteiger partial charge in [-0.05, 0) is 13.0 Å². The van der Waals surface area contributed by atoms with Gasteiger partial charge in [0, 0.05) is 32.2 Å². The Hall–Kier alpha value is -1.56. The van der Waals surface area contributed by atoms with E-state index in [9.17, 15) is 0 Å². The molecule has 0 aromatic carbocycles. The van der Waals surface area contributed by atoms with Crippen LogP contribution >= 0.6 is 0 Å². The third-order valence-corrected chi connectivity index (χ3v) is 3.52. The minimum atomic E-state index is 0.250. The molecule has 0 atom stereocenters. The lowest BCUT2D eigenvalue weighted by Gasteiger charge is -2.35. The highest BCUT2D eigenvalue weighted by Gasteiger charge is 2.18. The van der Waals surface area contributed by atoms with Crippen molar-refractivity contribution in [2.75, 3.05) is 49.1 Å². The van der Waals surface area contributed by atoms with Gasteiger partial charge in [0.05, 0.1) is 0 Å². The van der Waals surface area contributed by atoms with Gasteiger partial charge in [0.2, 0.25) is 5.95 Å². The minimum Gasteiger partial charge on any atom is -0.383 e. The van der Waals surface area contributed by atoms with Gasteiger partial charge >= 0.3 is 0 Å². The summed E-state index contributed by atoms with van der Waals surface area (Å²) < 4.78 is 0. The third kappa shape index (κ3) is 3.96. The molecule has 1 saturated heterocycles. The SMILES string of the molecule is CCCCCN1CCN(c2cc(N)nc(N)n2)CC1. The number of piperazine rings is 1. The van der Waals surface area contributed by atoms with Crippen LogP contribution in [0.1, 0.15) is 26.2 Å². The summed E-state index contributed by atoms with van der Waals surface area (Å²) in [7, 11) is 0. The van der Waals surface area contributed by atoms with Gasteiger partial charge in [-0.2, -0.15) is 9.97 Å². The van der Waals surface area contributed by atoms with Gasteiger partial charge < -0.3 is 16.4 Å². The maximum absolute atomic E-state index is 5.71. The smallest absolute Gasteiger partial charge is 0.223 e. The van der Waals surface area contributed by atoms with Crippen LogP contribution in [0.25, 0.3) is 0 Å². The first-order chi connectivity index (χ1) is 9.19. The van der Waals surface area contributed by atoms with Crippen molar-refractivity contribution in [2.24, 2.45) is 0 Å². The Labute approximate surface area is 114 Å². The van der Waals surface area contributed by atoms with Crippen LogP contribution < -0.4 is 16.4 Å². The van der Waals surface area contributed by atoms with E-state index in [0.29, 0.717) is 5.82 Å². The zero-order chi connectivity index (χ0) is 13.7. The standard InChI is InChI=1S/C13H24N6/c1-2-3-4-5-18-6-8-19(9-7-18)12-10-11(14)16-13(15)17-12/h10H,2-9H2,1H3,(H4,14,15,16,17). The lowest BCUT2D eigenvalue weighted by molar-refractivity contribution is 0.252. The van der Waals surface area contributed by atoms with E-state index in [1.807, 2.05) is 0 Å². The highest BCUT2D eigenvalue weighted by atomic mass is 15.3. The first-order valence-electron chi connectivity index (χ1n) is 7.06. The molecule has 6 nitrogen and oxygen atoms in total. The van der Waals surface area contributed by atoms with Crippen molar-refractivity contribution < 1.29 is 0 Å². The van der Waals surface area contributed by atoms with E-state index in [-0.39, 0.29) is 5.95 Å². The number of hydrogen-bond donors (Lipinski definition) is 2. The molecule has 6 heteroatoms. The van der Waals surface area contributed by atoms with Crippen molar-refractivity contribution in [1.29, 1.82) is 0 Å². The second-order valence-electron chi connectivity index (χ2n) is 5.05. The molecular formula is C13H24N6. The number of unbranched alkanes of at least 4 members (excludes halogenated alkanes) is 2. The molecule has 0 radical (unpaired) electrons. The van der Waals surface area contributed by atoms with Crippen molar-refractivity contribution in [3.05, 3.63) is 6.07 Å². The van der Waals surface area contributed by atoms with Gasteiger partial charge in [-0.3, -0.25) is 4.90 Å². The average molecular weight is 264 g/mol. The second-order valence-corrected chi connectivity index (χ2v) is 5.05. The van der Waals surface area contributed by atoms with Crippen LogP contribution in [0, 0.1) is 0 Å². The Morgan fingerprint density at radius 3 is 2.47 bits per heavy atom. The van der Waals surface area contributed by atoms with Crippen LogP contribution in [0.15, 0.2) is 6.07 Å². The minimum absolute atomic E-state index is 0.250. The van der Waals surface area contributed by atoms with Crippen LogP contribution in [-0.4, -0.2) is 47.6 Å². The van der Waals surface area contributed by atoms with E-state index in [1.54, 1.807) is 6.07 Å². The summed E-state index contributed by atoms with van der Waals surface area (Å²) in [5, 5.41) is 0. The van der Waals surface area contributed by atoms with Gasteiger partial charge in [-0.25, -0.2) is 0 Å². The third-order valence-electron chi connectivity index (χ3n) is 3.52. The Kier molecular flexibility index (Phi) is 4.79. The Morgan fingerprint density at radius 2 is 1.84 bits per heavy atom. The van der Waals surface area contributed by atoms with Crippen LogP contribution in [0.3, 0.4) is 0 Å². The Balaban J connectivity index is 1.85. The van der Waals surface area contributed by atoms with Crippen molar-refractivity contribution >= 4 is 17.6 Å². The number of rotatable bonds is 5. The first-order valence-corrected chi connectivity index (χ1v) is 7.06. The first kappa shape index (κ1) is 13.9. The van der Waals surface area contributed by atoms with Gasteiger partial charge in [-0.1, -0.05) is 19.8 Å². The number of anilines is 3. The van der Waals surface area contributed by atoms with E-state index in [2.05, 4.69) is 26.7 Å². The van der Waals surface area contributed by atoms with E-state index in [4.69, 9.17) is 11.5 Å². The zero-order valence-electron chi connectivity index (χ0n) is 11.7. The van der Waals surface area contributed by atoms with Gasteiger partial charge in [0.15, 0.2) is 0 Å². The fraction of sp³-hybridized carbons (Fsp3) is 0.692. The summed E-state index contributed by atoms with van der Waals surface area (Å²) in [6.45, 7) is 7.54. The molecule has 0 amide bonds. The number of aromatic nitrogens is 2. The summed E-state index contributed by atoms with van der Waals surface area (Å²) in [6, 6.07) is 1.79. The molecule has 0 unspecified atom stereocenters. The quantitative estimate of drug-likeness (QED) is 0.770. The Morgan fingerprint density at radius 1 is 1.11 bits per heavy atom. The van der Waals surface area contributed by atoms with E-state index < -0.39 is 0 Å². The summed E-state index contributed by atoms with van der Waals surface area (Å²) >= 11 is 0. The summed E-state index contributed by atoms with van der Waals surface area (Å²) in [5.41, 5.74) is 11.3. The fourth-order valence-electron chi connectivity index (χ4n) is 2.42. The number of nitrogen functional groups attached to an aromatic ring is 2. The predicted molar refractivity (Wildman–Crippen MR) is 79.0 cm³/mol.